The Balaban J connectivity index is 2.10. The largest absolute Gasteiger partial charge is 0.300 e. The molecule has 0 N–H and O–H groups in total. The van der Waals surface area contributed by atoms with Gasteiger partial charge in [-0.3, -0.25) is 4.79 Å². The average Bonchev–Trinajstić information content (AvgIpc) is 2.49. The number of fused-ring (bicyclic) bond motifs is 1. The van der Waals surface area contributed by atoms with E-state index >= 15 is 0 Å². The van der Waals surface area contributed by atoms with Gasteiger partial charge in [-0.25, -0.2) is 0 Å². The fourth-order valence-electron chi connectivity index (χ4n) is 3.58. The van der Waals surface area contributed by atoms with Crippen molar-refractivity contribution >= 4 is 5.78 Å². The summed E-state index contributed by atoms with van der Waals surface area (Å²) < 4.78 is 0. The summed E-state index contributed by atoms with van der Waals surface area (Å²) in [6.45, 7) is 2.28. The predicted molar refractivity (Wildman–Crippen MR) is 53.5 cm³/mol. The van der Waals surface area contributed by atoms with Gasteiger partial charge in [0.2, 0.25) is 0 Å². The molecule has 0 aliphatic heterocycles. The van der Waals surface area contributed by atoms with Gasteiger partial charge >= 0.3 is 0 Å². The minimum atomic E-state index is 0.527. The highest BCUT2D eigenvalue weighted by Crippen LogP contribution is 2.53. The molecule has 1 unspecified atom stereocenters. The summed E-state index contributed by atoms with van der Waals surface area (Å²) in [5.41, 5.74) is 0.600. The van der Waals surface area contributed by atoms with E-state index in [-0.39, 0.29) is 0 Å². The van der Waals surface area contributed by atoms with Gasteiger partial charge < -0.3 is 0 Å². The molecule has 2 rings (SSSR count). The number of ketones is 1. The Morgan fingerprint density at radius 2 is 2.31 bits per heavy atom. The average molecular weight is 180 g/mol. The zero-order valence-corrected chi connectivity index (χ0v) is 8.64. The smallest absolute Gasteiger partial charge is 0.133 e. The first kappa shape index (κ1) is 9.23. The minimum Gasteiger partial charge on any atom is -0.300 e. The molecule has 0 aromatic carbocycles. The topological polar surface area (TPSA) is 17.1 Å². The molecule has 0 saturated heterocycles. The van der Waals surface area contributed by atoms with Crippen LogP contribution in [0.15, 0.2) is 0 Å². The maximum Gasteiger partial charge on any atom is 0.133 e. The molecule has 0 aromatic rings. The molecule has 1 nitrogen and oxygen atoms in total. The van der Waals surface area contributed by atoms with E-state index < -0.39 is 0 Å². The first-order chi connectivity index (χ1) is 6.27. The molecule has 2 fully saturated rings. The van der Waals surface area contributed by atoms with Crippen molar-refractivity contribution in [3.63, 3.8) is 0 Å². The molecular formula is C12H20O. The van der Waals surface area contributed by atoms with E-state index in [4.69, 9.17) is 0 Å². The summed E-state index contributed by atoms with van der Waals surface area (Å²) in [7, 11) is 0. The number of carbonyl (C=O) groups is 1. The van der Waals surface area contributed by atoms with E-state index in [0.29, 0.717) is 11.2 Å². The molecule has 0 radical (unpaired) electrons. The third kappa shape index (κ3) is 1.53. The van der Waals surface area contributed by atoms with Crippen molar-refractivity contribution in [3.05, 3.63) is 0 Å². The Hall–Kier alpha value is -0.330. The van der Waals surface area contributed by atoms with Crippen molar-refractivity contribution in [2.24, 2.45) is 11.3 Å². The van der Waals surface area contributed by atoms with Crippen LogP contribution in [0.5, 0.6) is 0 Å². The van der Waals surface area contributed by atoms with Crippen LogP contribution in [0.1, 0.15) is 58.3 Å². The zero-order chi connectivity index (χ0) is 9.31. The van der Waals surface area contributed by atoms with Gasteiger partial charge in [0.05, 0.1) is 0 Å². The first-order valence-corrected chi connectivity index (χ1v) is 5.78. The Labute approximate surface area is 80.9 Å². The second kappa shape index (κ2) is 3.43. The fraction of sp³-hybridized carbons (Fsp3) is 0.917. The lowest BCUT2D eigenvalue weighted by molar-refractivity contribution is -0.124. The Bertz CT molecular complexity index is 209. The highest BCUT2D eigenvalue weighted by Gasteiger charge is 2.45. The van der Waals surface area contributed by atoms with Gasteiger partial charge in [-0.2, -0.15) is 0 Å². The van der Waals surface area contributed by atoms with Gasteiger partial charge in [0.25, 0.3) is 0 Å². The van der Waals surface area contributed by atoms with Crippen LogP contribution in [-0.2, 0) is 4.79 Å². The van der Waals surface area contributed by atoms with Crippen molar-refractivity contribution in [2.45, 2.75) is 58.3 Å². The summed E-state index contributed by atoms with van der Waals surface area (Å²) in [5.74, 6) is 1.28. The molecule has 1 heteroatoms. The van der Waals surface area contributed by atoms with Gasteiger partial charge in [0.1, 0.15) is 5.78 Å². The van der Waals surface area contributed by atoms with E-state index in [0.717, 1.165) is 18.8 Å². The van der Waals surface area contributed by atoms with Crippen LogP contribution in [0.2, 0.25) is 0 Å². The van der Waals surface area contributed by atoms with Gasteiger partial charge in [-0.15, -0.1) is 0 Å². The number of hydrogen-bond acceptors (Lipinski definition) is 1. The lowest BCUT2D eigenvalue weighted by Gasteiger charge is -2.39. The fourth-order valence-corrected chi connectivity index (χ4v) is 3.58. The minimum absolute atomic E-state index is 0.527. The highest BCUT2D eigenvalue weighted by atomic mass is 16.1. The standard InChI is InChI=1S/C12H20O/c1-2-6-12-7-3-4-10(12)9-11(13)5-8-12/h10H,2-9H2,1H3/t10?,12-/m0/s1. The predicted octanol–water partition coefficient (Wildman–Crippen LogP) is 3.33. The molecule has 2 aliphatic carbocycles. The van der Waals surface area contributed by atoms with Crippen molar-refractivity contribution < 1.29 is 4.79 Å². The second-order valence-electron chi connectivity index (χ2n) is 4.94. The zero-order valence-electron chi connectivity index (χ0n) is 8.64. The maximum absolute atomic E-state index is 11.4. The molecule has 74 valence electrons. The summed E-state index contributed by atoms with van der Waals surface area (Å²) in [5, 5.41) is 0. The van der Waals surface area contributed by atoms with E-state index in [9.17, 15) is 4.79 Å². The molecule has 2 atom stereocenters. The van der Waals surface area contributed by atoms with Crippen molar-refractivity contribution in [1.82, 2.24) is 0 Å². The monoisotopic (exact) mass is 180 g/mol. The summed E-state index contributed by atoms with van der Waals surface area (Å²) in [6, 6.07) is 0. The van der Waals surface area contributed by atoms with Crippen molar-refractivity contribution in [1.29, 1.82) is 0 Å². The third-order valence-electron chi connectivity index (χ3n) is 4.22. The van der Waals surface area contributed by atoms with E-state index in [1.807, 2.05) is 0 Å². The van der Waals surface area contributed by atoms with Crippen molar-refractivity contribution in [3.8, 4) is 0 Å². The first-order valence-electron chi connectivity index (χ1n) is 5.78. The molecular weight excluding hydrogens is 160 g/mol. The van der Waals surface area contributed by atoms with Crippen molar-refractivity contribution in [2.75, 3.05) is 0 Å². The molecule has 0 bridgehead atoms. The second-order valence-corrected chi connectivity index (χ2v) is 4.94. The highest BCUT2D eigenvalue weighted by molar-refractivity contribution is 5.79. The molecule has 13 heavy (non-hydrogen) atoms. The van der Waals surface area contributed by atoms with Gasteiger partial charge in [0, 0.05) is 12.8 Å². The molecule has 0 spiro atoms. The summed E-state index contributed by atoms with van der Waals surface area (Å²) in [4.78, 5) is 11.4. The summed E-state index contributed by atoms with van der Waals surface area (Å²) >= 11 is 0. The number of rotatable bonds is 2. The molecule has 2 aliphatic rings. The lowest BCUT2D eigenvalue weighted by Crippen LogP contribution is -2.32. The van der Waals surface area contributed by atoms with Crippen LogP contribution in [0.4, 0.5) is 0 Å². The number of Topliss-reactive ketones (excluding diaryl/α,β-unsaturated/α-hetero) is 1. The van der Waals surface area contributed by atoms with Crippen LogP contribution in [0.3, 0.4) is 0 Å². The number of hydrogen-bond donors (Lipinski definition) is 0. The molecule has 0 aromatic heterocycles. The Kier molecular flexibility index (Phi) is 2.44. The Morgan fingerprint density at radius 3 is 3.08 bits per heavy atom. The third-order valence-corrected chi connectivity index (χ3v) is 4.22. The van der Waals surface area contributed by atoms with Crippen LogP contribution in [0.25, 0.3) is 0 Å². The lowest BCUT2D eigenvalue weighted by atomic mass is 9.65. The van der Waals surface area contributed by atoms with E-state index in [1.165, 1.54) is 38.5 Å². The quantitative estimate of drug-likeness (QED) is 0.637. The molecule has 0 heterocycles. The maximum atomic E-state index is 11.4. The van der Waals surface area contributed by atoms with Crippen LogP contribution in [0, 0.1) is 11.3 Å². The van der Waals surface area contributed by atoms with Crippen LogP contribution in [-0.4, -0.2) is 5.78 Å². The van der Waals surface area contributed by atoms with Gasteiger partial charge in [-0.05, 0) is 37.0 Å². The van der Waals surface area contributed by atoms with E-state index in [2.05, 4.69) is 6.92 Å². The summed E-state index contributed by atoms with van der Waals surface area (Å²) in [6.07, 6.45) is 9.74. The van der Waals surface area contributed by atoms with Gasteiger partial charge in [-0.1, -0.05) is 19.8 Å². The van der Waals surface area contributed by atoms with Crippen LogP contribution >= 0.6 is 0 Å². The molecule has 0 amide bonds. The van der Waals surface area contributed by atoms with E-state index in [1.54, 1.807) is 0 Å². The number of carbonyl (C=O) groups excluding carboxylic acids is 1. The molecule has 2 saturated carbocycles. The van der Waals surface area contributed by atoms with Crippen LogP contribution < -0.4 is 0 Å². The Morgan fingerprint density at radius 1 is 1.46 bits per heavy atom. The van der Waals surface area contributed by atoms with Gasteiger partial charge in [0.15, 0.2) is 0 Å². The SMILES string of the molecule is CCC[C@@]12CCCC1CC(=O)CC2. The normalized spacial score (nSPS) is 39.2.